The lowest BCUT2D eigenvalue weighted by molar-refractivity contribution is -0.123. The van der Waals surface area contributed by atoms with E-state index in [4.69, 9.17) is 0 Å². The van der Waals surface area contributed by atoms with Gasteiger partial charge in [-0.3, -0.25) is 9.59 Å². The number of aromatic nitrogens is 1. The Hall–Kier alpha value is -1.43. The molecule has 0 fully saturated rings. The van der Waals surface area contributed by atoms with Gasteiger partial charge in [0.15, 0.2) is 0 Å². The largest absolute Gasteiger partial charge is 0.352 e. The Morgan fingerprint density at radius 1 is 1.28 bits per heavy atom. The highest BCUT2D eigenvalue weighted by Crippen LogP contribution is 2.12. The molecule has 1 aromatic rings. The lowest BCUT2D eigenvalue weighted by atomic mass is 10.2. The molecule has 98 valence electrons. The number of carbonyl (C=O) groups excluding carboxylic acids is 2. The van der Waals surface area contributed by atoms with E-state index in [1.165, 1.54) is 0 Å². The Morgan fingerprint density at radius 2 is 1.94 bits per heavy atom. The van der Waals surface area contributed by atoms with Crippen molar-refractivity contribution in [2.45, 2.75) is 32.9 Å². The van der Waals surface area contributed by atoms with Gasteiger partial charge in [-0.05, 0) is 48.8 Å². The van der Waals surface area contributed by atoms with Crippen molar-refractivity contribution in [1.82, 2.24) is 15.6 Å². The van der Waals surface area contributed by atoms with Gasteiger partial charge < -0.3 is 10.6 Å². The number of nitrogens with zero attached hydrogens (tertiary/aromatic N) is 1. The summed E-state index contributed by atoms with van der Waals surface area (Å²) in [6.45, 7) is 5.37. The van der Waals surface area contributed by atoms with Crippen molar-refractivity contribution in [3.8, 4) is 0 Å². The first-order valence-corrected chi connectivity index (χ1v) is 6.43. The van der Waals surface area contributed by atoms with E-state index in [1.807, 2.05) is 13.8 Å². The molecule has 1 atom stereocenters. The Bertz CT molecular complexity index is 449. The first-order chi connectivity index (χ1) is 8.41. The third-order valence-electron chi connectivity index (χ3n) is 2.18. The van der Waals surface area contributed by atoms with Crippen LogP contribution in [0.2, 0.25) is 0 Å². The second kappa shape index (κ2) is 6.49. The minimum atomic E-state index is -0.591. The maximum atomic E-state index is 11.9. The van der Waals surface area contributed by atoms with Crippen LogP contribution in [-0.2, 0) is 4.79 Å². The van der Waals surface area contributed by atoms with Crippen LogP contribution in [0.3, 0.4) is 0 Å². The van der Waals surface area contributed by atoms with Crippen LogP contribution in [-0.4, -0.2) is 28.9 Å². The minimum absolute atomic E-state index is 0.0435. The quantitative estimate of drug-likeness (QED) is 0.827. The Labute approximate surface area is 114 Å². The molecule has 6 heteroatoms. The first kappa shape index (κ1) is 14.6. The van der Waals surface area contributed by atoms with Gasteiger partial charge in [-0.2, -0.15) is 0 Å². The maximum absolute atomic E-state index is 11.9. The monoisotopic (exact) mass is 313 g/mol. The van der Waals surface area contributed by atoms with Crippen molar-refractivity contribution in [3.05, 3.63) is 28.5 Å². The summed E-state index contributed by atoms with van der Waals surface area (Å²) in [5, 5.41) is 5.35. The molecule has 1 aromatic heterocycles. The Morgan fingerprint density at radius 3 is 2.50 bits per heavy atom. The minimum Gasteiger partial charge on any atom is -0.352 e. The fourth-order valence-electron chi connectivity index (χ4n) is 1.30. The van der Waals surface area contributed by atoms with E-state index in [0.717, 1.165) is 0 Å². The lowest BCUT2D eigenvalue weighted by Crippen LogP contribution is -2.46. The normalized spacial score (nSPS) is 12.1. The maximum Gasteiger partial charge on any atom is 0.254 e. The SMILES string of the molecule is CC(C)NC(=O)C(C)NC(=O)c1cccnc1Br. The highest BCUT2D eigenvalue weighted by atomic mass is 79.9. The number of hydrogen-bond donors (Lipinski definition) is 2. The van der Waals surface area contributed by atoms with Crippen LogP contribution in [0, 0.1) is 0 Å². The summed E-state index contributed by atoms with van der Waals surface area (Å²) in [5.41, 5.74) is 0.404. The molecule has 18 heavy (non-hydrogen) atoms. The molecule has 0 aromatic carbocycles. The van der Waals surface area contributed by atoms with E-state index < -0.39 is 6.04 Å². The average Bonchev–Trinajstić information content (AvgIpc) is 2.28. The van der Waals surface area contributed by atoms with Gasteiger partial charge in [0, 0.05) is 12.2 Å². The second-order valence-corrected chi connectivity index (χ2v) is 4.95. The van der Waals surface area contributed by atoms with Crippen LogP contribution in [0.15, 0.2) is 22.9 Å². The van der Waals surface area contributed by atoms with Crippen LogP contribution < -0.4 is 10.6 Å². The third-order valence-corrected chi connectivity index (χ3v) is 2.81. The summed E-state index contributed by atoms with van der Waals surface area (Å²) in [6, 6.07) is 2.76. The Kier molecular flexibility index (Phi) is 5.27. The number of carbonyl (C=O) groups is 2. The molecule has 1 heterocycles. The number of halogens is 1. The molecule has 0 bridgehead atoms. The second-order valence-electron chi connectivity index (χ2n) is 4.20. The standard InChI is InChI=1S/C12H16BrN3O2/c1-7(2)15-11(17)8(3)16-12(18)9-5-4-6-14-10(9)13/h4-8H,1-3H3,(H,15,17)(H,16,18). The van der Waals surface area contributed by atoms with Gasteiger partial charge in [0.25, 0.3) is 5.91 Å². The molecule has 2 amide bonds. The number of nitrogens with one attached hydrogen (secondary N) is 2. The van der Waals surface area contributed by atoms with E-state index in [1.54, 1.807) is 25.3 Å². The molecule has 0 spiro atoms. The van der Waals surface area contributed by atoms with Crippen molar-refractivity contribution < 1.29 is 9.59 Å². The van der Waals surface area contributed by atoms with Crippen LogP contribution in [0.4, 0.5) is 0 Å². The van der Waals surface area contributed by atoms with Gasteiger partial charge in [0.2, 0.25) is 5.91 Å². The molecule has 5 nitrogen and oxygen atoms in total. The number of hydrogen-bond acceptors (Lipinski definition) is 3. The van der Waals surface area contributed by atoms with Crippen molar-refractivity contribution in [2.24, 2.45) is 0 Å². The molecular formula is C12H16BrN3O2. The van der Waals surface area contributed by atoms with Gasteiger partial charge in [0.1, 0.15) is 10.6 Å². The van der Waals surface area contributed by atoms with E-state index in [2.05, 4.69) is 31.5 Å². The highest BCUT2D eigenvalue weighted by molar-refractivity contribution is 9.10. The molecule has 2 N–H and O–H groups in total. The molecule has 1 unspecified atom stereocenters. The zero-order chi connectivity index (χ0) is 13.7. The van der Waals surface area contributed by atoms with E-state index >= 15 is 0 Å². The average molecular weight is 314 g/mol. The van der Waals surface area contributed by atoms with Gasteiger partial charge in [-0.15, -0.1) is 0 Å². The van der Waals surface area contributed by atoms with E-state index in [9.17, 15) is 9.59 Å². The molecular weight excluding hydrogens is 298 g/mol. The van der Waals surface area contributed by atoms with E-state index in [0.29, 0.717) is 10.2 Å². The summed E-state index contributed by atoms with van der Waals surface area (Å²) >= 11 is 3.19. The number of pyridine rings is 1. The number of amides is 2. The van der Waals surface area contributed by atoms with Crippen molar-refractivity contribution >= 4 is 27.7 Å². The molecule has 0 aliphatic carbocycles. The van der Waals surface area contributed by atoms with Gasteiger partial charge in [-0.25, -0.2) is 4.98 Å². The van der Waals surface area contributed by atoms with Crippen molar-refractivity contribution in [2.75, 3.05) is 0 Å². The smallest absolute Gasteiger partial charge is 0.254 e. The van der Waals surface area contributed by atoms with Crippen LogP contribution in [0.25, 0.3) is 0 Å². The molecule has 0 aliphatic heterocycles. The van der Waals surface area contributed by atoms with Crippen LogP contribution >= 0.6 is 15.9 Å². The van der Waals surface area contributed by atoms with Crippen molar-refractivity contribution in [3.63, 3.8) is 0 Å². The summed E-state index contributed by atoms with van der Waals surface area (Å²) in [4.78, 5) is 27.5. The topological polar surface area (TPSA) is 71.1 Å². The summed E-state index contributed by atoms with van der Waals surface area (Å²) in [7, 11) is 0. The zero-order valence-corrected chi connectivity index (χ0v) is 12.1. The third kappa shape index (κ3) is 4.10. The lowest BCUT2D eigenvalue weighted by Gasteiger charge is -2.16. The Balaban J connectivity index is 2.65. The van der Waals surface area contributed by atoms with Crippen LogP contribution in [0.5, 0.6) is 0 Å². The van der Waals surface area contributed by atoms with Crippen LogP contribution in [0.1, 0.15) is 31.1 Å². The highest BCUT2D eigenvalue weighted by Gasteiger charge is 2.18. The first-order valence-electron chi connectivity index (χ1n) is 5.63. The van der Waals surface area contributed by atoms with Gasteiger partial charge >= 0.3 is 0 Å². The van der Waals surface area contributed by atoms with Gasteiger partial charge in [-0.1, -0.05) is 0 Å². The molecule has 1 rings (SSSR count). The summed E-state index contributed by atoms with van der Waals surface area (Å²) in [5.74, 6) is -0.542. The summed E-state index contributed by atoms with van der Waals surface area (Å²) < 4.78 is 0.457. The molecule has 0 radical (unpaired) electrons. The molecule has 0 saturated carbocycles. The zero-order valence-electron chi connectivity index (χ0n) is 10.5. The fourth-order valence-corrected chi connectivity index (χ4v) is 1.74. The summed E-state index contributed by atoms with van der Waals surface area (Å²) in [6.07, 6.45) is 1.58. The van der Waals surface area contributed by atoms with Crippen molar-refractivity contribution in [1.29, 1.82) is 0 Å². The predicted octanol–water partition coefficient (Wildman–Crippen LogP) is 1.49. The number of rotatable bonds is 4. The van der Waals surface area contributed by atoms with E-state index in [-0.39, 0.29) is 17.9 Å². The fraction of sp³-hybridized carbons (Fsp3) is 0.417. The molecule has 0 aliphatic rings. The molecule has 0 saturated heterocycles. The van der Waals surface area contributed by atoms with Gasteiger partial charge in [0.05, 0.1) is 5.56 Å². The predicted molar refractivity (Wildman–Crippen MR) is 72.1 cm³/mol.